The molecule has 3 rings (SSSR count). The molecule has 0 unspecified atom stereocenters. The lowest BCUT2D eigenvalue weighted by atomic mass is 10.1. The van der Waals surface area contributed by atoms with Crippen molar-refractivity contribution in [3.8, 4) is 0 Å². The summed E-state index contributed by atoms with van der Waals surface area (Å²) in [5.74, 6) is -0.185. The molecule has 5 nitrogen and oxygen atoms in total. The molecule has 0 aliphatic carbocycles. The fourth-order valence-corrected chi connectivity index (χ4v) is 3.54. The van der Waals surface area contributed by atoms with E-state index in [-0.39, 0.29) is 18.1 Å². The molecule has 8 heteroatoms. The number of pyridine rings is 1. The number of nitrogens with zero attached hydrogens (tertiary/aromatic N) is 4. The number of hydrogen-bond acceptors (Lipinski definition) is 4. The van der Waals surface area contributed by atoms with Crippen molar-refractivity contribution in [3.63, 3.8) is 0 Å². The molecular weight excluding hydrogens is 393 g/mol. The molecule has 1 aromatic carbocycles. The molecule has 1 amide bonds. The lowest BCUT2D eigenvalue weighted by Crippen LogP contribution is -2.59. The molecule has 1 saturated heterocycles. The number of alkyl halides is 3. The average molecular weight is 420 g/mol. The first kappa shape index (κ1) is 22.2. The Labute approximate surface area is 175 Å². The molecule has 1 aliphatic rings. The number of anilines is 1. The zero-order chi connectivity index (χ0) is 21.7. The van der Waals surface area contributed by atoms with E-state index >= 15 is 0 Å². The standard InChI is InChI=1S/C22H27F3N4O/c1-3-21(30)29(20-11-7-10-19(26-20)22(23,24)25)13-12-28-15-18(16-28)27(2)14-17-8-5-4-6-9-17/h4-11,18H,3,12-16H2,1-2H3. The summed E-state index contributed by atoms with van der Waals surface area (Å²) in [5, 5.41) is 0. The number of aromatic nitrogens is 1. The number of carbonyl (C=O) groups excluding carboxylic acids is 1. The molecule has 0 radical (unpaired) electrons. The number of carbonyl (C=O) groups is 1. The van der Waals surface area contributed by atoms with E-state index in [0.717, 1.165) is 25.7 Å². The molecule has 2 heterocycles. The Bertz CT molecular complexity index is 838. The second-order valence-electron chi connectivity index (χ2n) is 7.59. The van der Waals surface area contributed by atoms with Gasteiger partial charge in [0, 0.05) is 45.2 Å². The van der Waals surface area contributed by atoms with Gasteiger partial charge < -0.3 is 0 Å². The Balaban J connectivity index is 1.55. The van der Waals surface area contributed by atoms with Crippen molar-refractivity contribution in [1.29, 1.82) is 0 Å². The third-order valence-electron chi connectivity index (χ3n) is 5.38. The van der Waals surface area contributed by atoms with Crippen LogP contribution in [0.5, 0.6) is 0 Å². The van der Waals surface area contributed by atoms with E-state index in [2.05, 4.69) is 34.0 Å². The SMILES string of the molecule is CCC(=O)N(CCN1CC(N(C)Cc2ccccc2)C1)c1cccc(C(F)(F)F)n1. The number of likely N-dealkylation sites (tertiary alicyclic amines) is 1. The Kier molecular flexibility index (Phi) is 7.10. The normalized spacial score (nSPS) is 15.3. The summed E-state index contributed by atoms with van der Waals surface area (Å²) in [6.45, 7) is 5.21. The highest BCUT2D eigenvalue weighted by Crippen LogP contribution is 2.29. The van der Waals surface area contributed by atoms with Crippen LogP contribution in [0.15, 0.2) is 48.5 Å². The van der Waals surface area contributed by atoms with Crippen LogP contribution in [0.25, 0.3) is 0 Å². The fraction of sp³-hybridized carbons (Fsp3) is 0.455. The van der Waals surface area contributed by atoms with E-state index in [0.29, 0.717) is 19.1 Å². The third kappa shape index (κ3) is 5.58. The minimum absolute atomic E-state index is 0.0509. The molecule has 2 aromatic rings. The van der Waals surface area contributed by atoms with Crippen LogP contribution in [0.1, 0.15) is 24.6 Å². The van der Waals surface area contributed by atoms with Gasteiger partial charge in [0.15, 0.2) is 0 Å². The van der Waals surface area contributed by atoms with Crippen molar-refractivity contribution in [1.82, 2.24) is 14.8 Å². The number of benzene rings is 1. The highest BCUT2D eigenvalue weighted by atomic mass is 19.4. The van der Waals surface area contributed by atoms with Gasteiger partial charge in [-0.3, -0.25) is 19.5 Å². The van der Waals surface area contributed by atoms with E-state index < -0.39 is 11.9 Å². The van der Waals surface area contributed by atoms with Crippen molar-refractivity contribution in [3.05, 3.63) is 59.8 Å². The van der Waals surface area contributed by atoms with Gasteiger partial charge in [0.2, 0.25) is 5.91 Å². The number of hydrogen-bond donors (Lipinski definition) is 0. The van der Waals surface area contributed by atoms with Crippen LogP contribution >= 0.6 is 0 Å². The molecule has 1 aliphatic heterocycles. The van der Waals surface area contributed by atoms with Crippen LogP contribution in [0.4, 0.5) is 19.0 Å². The first-order valence-electron chi connectivity index (χ1n) is 10.1. The minimum atomic E-state index is -4.54. The zero-order valence-electron chi connectivity index (χ0n) is 17.3. The summed E-state index contributed by atoms with van der Waals surface area (Å²) in [4.78, 5) is 21.9. The predicted octanol–water partition coefficient (Wildman–Crippen LogP) is 3.66. The summed E-state index contributed by atoms with van der Waals surface area (Å²) in [5.41, 5.74) is 0.272. The van der Waals surface area contributed by atoms with Crippen LogP contribution in [0.2, 0.25) is 0 Å². The molecule has 1 fully saturated rings. The maximum Gasteiger partial charge on any atom is 0.433 e. The Hall–Kier alpha value is -2.45. The third-order valence-corrected chi connectivity index (χ3v) is 5.38. The number of amides is 1. The van der Waals surface area contributed by atoms with Crippen molar-refractivity contribution >= 4 is 11.7 Å². The first-order chi connectivity index (χ1) is 14.3. The molecule has 0 N–H and O–H groups in total. The van der Waals surface area contributed by atoms with Gasteiger partial charge in [-0.2, -0.15) is 13.2 Å². The summed E-state index contributed by atoms with van der Waals surface area (Å²) in [7, 11) is 2.09. The Morgan fingerprint density at radius 2 is 1.83 bits per heavy atom. The van der Waals surface area contributed by atoms with Crippen LogP contribution in [0, 0.1) is 0 Å². The van der Waals surface area contributed by atoms with E-state index in [1.807, 2.05) is 18.2 Å². The topological polar surface area (TPSA) is 39.7 Å². The average Bonchev–Trinajstić information content (AvgIpc) is 2.69. The maximum atomic E-state index is 13.0. The van der Waals surface area contributed by atoms with Gasteiger partial charge in [-0.1, -0.05) is 43.3 Å². The first-order valence-corrected chi connectivity index (χ1v) is 10.1. The van der Waals surface area contributed by atoms with Crippen molar-refractivity contribution < 1.29 is 18.0 Å². The van der Waals surface area contributed by atoms with Gasteiger partial charge in [0.05, 0.1) is 0 Å². The molecule has 162 valence electrons. The Morgan fingerprint density at radius 1 is 1.13 bits per heavy atom. The van der Waals surface area contributed by atoms with Crippen LogP contribution < -0.4 is 4.90 Å². The molecule has 0 atom stereocenters. The second-order valence-corrected chi connectivity index (χ2v) is 7.59. The van der Waals surface area contributed by atoms with Crippen molar-refractivity contribution in [2.75, 3.05) is 38.1 Å². The Morgan fingerprint density at radius 3 is 2.47 bits per heavy atom. The van der Waals surface area contributed by atoms with Gasteiger partial charge in [-0.15, -0.1) is 0 Å². The predicted molar refractivity (Wildman–Crippen MR) is 110 cm³/mol. The van der Waals surface area contributed by atoms with E-state index in [1.54, 1.807) is 6.92 Å². The molecule has 1 aromatic heterocycles. The molecule has 0 saturated carbocycles. The van der Waals surface area contributed by atoms with Crippen LogP contribution in [0.3, 0.4) is 0 Å². The lowest BCUT2D eigenvalue weighted by molar-refractivity contribution is -0.141. The fourth-order valence-electron chi connectivity index (χ4n) is 3.54. The van der Waals surface area contributed by atoms with Gasteiger partial charge in [0.25, 0.3) is 0 Å². The summed E-state index contributed by atoms with van der Waals surface area (Å²) >= 11 is 0. The number of likely N-dealkylation sites (N-methyl/N-ethyl adjacent to an activating group) is 1. The maximum absolute atomic E-state index is 13.0. The lowest BCUT2D eigenvalue weighted by Gasteiger charge is -2.44. The van der Waals surface area contributed by atoms with Gasteiger partial charge in [-0.05, 0) is 24.7 Å². The van der Waals surface area contributed by atoms with Crippen LogP contribution in [-0.4, -0.2) is 60.0 Å². The summed E-state index contributed by atoms with van der Waals surface area (Å²) < 4.78 is 39.0. The van der Waals surface area contributed by atoms with Gasteiger partial charge in [0.1, 0.15) is 11.5 Å². The molecule has 0 bridgehead atoms. The monoisotopic (exact) mass is 420 g/mol. The van der Waals surface area contributed by atoms with Crippen molar-refractivity contribution in [2.45, 2.75) is 32.1 Å². The summed E-state index contributed by atoms with van der Waals surface area (Å²) in [6, 6.07) is 14.3. The van der Waals surface area contributed by atoms with Crippen LogP contribution in [-0.2, 0) is 17.5 Å². The minimum Gasteiger partial charge on any atom is -0.298 e. The number of halogens is 3. The second kappa shape index (κ2) is 9.57. The highest BCUT2D eigenvalue weighted by Gasteiger charge is 2.34. The van der Waals surface area contributed by atoms with E-state index in [4.69, 9.17) is 0 Å². The quantitative estimate of drug-likeness (QED) is 0.654. The smallest absolute Gasteiger partial charge is 0.298 e. The number of rotatable bonds is 8. The largest absolute Gasteiger partial charge is 0.433 e. The van der Waals surface area contributed by atoms with E-state index in [1.165, 1.54) is 22.6 Å². The van der Waals surface area contributed by atoms with Crippen molar-refractivity contribution in [2.24, 2.45) is 0 Å². The molecule has 30 heavy (non-hydrogen) atoms. The highest BCUT2D eigenvalue weighted by molar-refractivity contribution is 5.92. The van der Waals surface area contributed by atoms with E-state index in [9.17, 15) is 18.0 Å². The zero-order valence-corrected chi connectivity index (χ0v) is 17.3. The molecule has 0 spiro atoms. The summed E-state index contributed by atoms with van der Waals surface area (Å²) in [6.07, 6.45) is -4.33. The van der Waals surface area contributed by atoms with Gasteiger partial charge >= 0.3 is 6.18 Å². The van der Waals surface area contributed by atoms with Gasteiger partial charge in [-0.25, -0.2) is 4.98 Å². The molecular formula is C22H27F3N4O.